The lowest BCUT2D eigenvalue weighted by atomic mass is 9.98. The molecule has 0 radical (unpaired) electrons. The van der Waals surface area contributed by atoms with Crippen LogP contribution >= 0.6 is 0 Å². The largest absolute Gasteiger partial charge is 0.463 e. The molecule has 2 rings (SSSR count). The first-order chi connectivity index (χ1) is 12.1. The molecule has 6 atom stereocenters. The third kappa shape index (κ3) is 4.81. The van der Waals surface area contributed by atoms with Gasteiger partial charge in [-0.05, 0) is 6.92 Å². The third-order valence-electron chi connectivity index (χ3n) is 3.68. The van der Waals surface area contributed by atoms with Crippen LogP contribution in [-0.4, -0.2) is 67.9 Å². The minimum atomic E-state index is -1.46. The molecule has 26 heavy (non-hydrogen) atoms. The highest BCUT2D eigenvalue weighted by Crippen LogP contribution is 2.39. The number of esters is 2. The van der Waals surface area contributed by atoms with Crippen molar-refractivity contribution >= 4 is 18.0 Å². The van der Waals surface area contributed by atoms with Gasteiger partial charge in [0.1, 0.15) is 12.7 Å². The number of carbonyl (C=O) groups excluding carboxylic acids is 3. The summed E-state index contributed by atoms with van der Waals surface area (Å²) in [5, 5.41) is 0. The number of carbonyl (C=O) groups is 3. The van der Waals surface area contributed by atoms with Crippen molar-refractivity contribution < 1.29 is 47.5 Å². The number of primary amides is 1. The van der Waals surface area contributed by atoms with Crippen LogP contribution in [0.1, 0.15) is 27.7 Å². The molecule has 0 saturated carbocycles. The predicted molar refractivity (Wildman–Crippen MR) is 81.3 cm³/mol. The van der Waals surface area contributed by atoms with E-state index in [1.165, 1.54) is 20.8 Å². The number of rotatable bonds is 6. The molecule has 2 aliphatic rings. The van der Waals surface area contributed by atoms with Gasteiger partial charge in [-0.1, -0.05) is 0 Å². The van der Waals surface area contributed by atoms with Crippen LogP contribution in [0.2, 0.25) is 0 Å². The van der Waals surface area contributed by atoms with E-state index in [1.807, 2.05) is 0 Å². The minimum Gasteiger partial charge on any atom is -0.463 e. The number of amides is 1. The third-order valence-corrected chi connectivity index (χ3v) is 3.68. The molecule has 2 heterocycles. The van der Waals surface area contributed by atoms with E-state index >= 15 is 0 Å². The zero-order valence-electron chi connectivity index (χ0n) is 15.0. The minimum absolute atomic E-state index is 0.260. The van der Waals surface area contributed by atoms with Crippen LogP contribution in [0.3, 0.4) is 0 Å². The van der Waals surface area contributed by atoms with E-state index in [9.17, 15) is 14.4 Å². The molecule has 0 aliphatic carbocycles. The predicted octanol–water partition coefficient (Wildman–Crippen LogP) is -0.204. The number of ether oxygens (including phenoxy) is 7. The van der Waals surface area contributed by atoms with Crippen LogP contribution in [0.25, 0.3) is 0 Å². The summed E-state index contributed by atoms with van der Waals surface area (Å²) < 4.78 is 37.7. The fourth-order valence-electron chi connectivity index (χ4n) is 2.85. The van der Waals surface area contributed by atoms with Gasteiger partial charge in [-0.15, -0.1) is 0 Å². The van der Waals surface area contributed by atoms with Gasteiger partial charge < -0.3 is 34.2 Å². The monoisotopic (exact) mass is 377 g/mol. The van der Waals surface area contributed by atoms with Crippen LogP contribution < -0.4 is 5.73 Å². The molecule has 2 saturated heterocycles. The van der Waals surface area contributed by atoms with Crippen LogP contribution in [0, 0.1) is 0 Å². The Hall–Kier alpha value is -1.95. The lowest BCUT2D eigenvalue weighted by Gasteiger charge is -2.40. The number of nitrogens with two attached hydrogens (primary N) is 1. The highest BCUT2D eigenvalue weighted by molar-refractivity contribution is 5.67. The van der Waals surface area contributed by atoms with Crippen molar-refractivity contribution in [3.8, 4) is 0 Å². The summed E-state index contributed by atoms with van der Waals surface area (Å²) in [6.07, 6.45) is -6.36. The summed E-state index contributed by atoms with van der Waals surface area (Å²) in [5.74, 6) is -2.68. The maximum Gasteiger partial charge on any atom is 0.405 e. The lowest BCUT2D eigenvalue weighted by molar-refractivity contribution is -0.342. The Morgan fingerprint density at radius 2 is 1.77 bits per heavy atom. The van der Waals surface area contributed by atoms with Crippen molar-refractivity contribution in [3.63, 3.8) is 0 Å². The van der Waals surface area contributed by atoms with Crippen LogP contribution in [0.4, 0.5) is 4.79 Å². The number of fused-ring (bicyclic) bond motifs is 1. The molecule has 2 fully saturated rings. The Morgan fingerprint density at radius 1 is 1.08 bits per heavy atom. The fraction of sp³-hybridized carbons (Fsp3) is 0.800. The van der Waals surface area contributed by atoms with Crippen molar-refractivity contribution in [2.45, 2.75) is 64.4 Å². The van der Waals surface area contributed by atoms with Gasteiger partial charge in [0.15, 0.2) is 24.6 Å². The topological polar surface area (TPSA) is 142 Å². The van der Waals surface area contributed by atoms with Crippen molar-refractivity contribution in [1.82, 2.24) is 0 Å². The first-order valence-electron chi connectivity index (χ1n) is 8.07. The lowest BCUT2D eigenvalue weighted by Crippen LogP contribution is -2.60. The molecule has 1 amide bonds. The average molecular weight is 377 g/mol. The van der Waals surface area contributed by atoms with Gasteiger partial charge in [0.05, 0.1) is 0 Å². The SMILES string of the molecule is CCO[C@]1(C)O[C@H]2O[C@@H](COC(C)=O)[C@@H](OC(C)=O)[C@@H](OC(N)=O)[C@H]2O1. The number of hydrogen-bond donors (Lipinski definition) is 1. The summed E-state index contributed by atoms with van der Waals surface area (Å²) >= 11 is 0. The molecular formula is C15H23NO10. The van der Waals surface area contributed by atoms with Crippen LogP contribution in [0.5, 0.6) is 0 Å². The van der Waals surface area contributed by atoms with Crippen molar-refractivity contribution in [2.75, 3.05) is 13.2 Å². The average Bonchev–Trinajstić information content (AvgIpc) is 2.83. The second-order valence-corrected chi connectivity index (χ2v) is 5.82. The molecule has 148 valence electrons. The van der Waals surface area contributed by atoms with Gasteiger partial charge in [0.25, 0.3) is 5.97 Å². The van der Waals surface area contributed by atoms with Crippen molar-refractivity contribution in [1.29, 1.82) is 0 Å². The fourth-order valence-corrected chi connectivity index (χ4v) is 2.85. The van der Waals surface area contributed by atoms with E-state index < -0.39 is 54.7 Å². The van der Waals surface area contributed by atoms with Gasteiger partial charge in [-0.2, -0.15) is 0 Å². The van der Waals surface area contributed by atoms with Gasteiger partial charge >= 0.3 is 18.0 Å². The molecule has 0 bridgehead atoms. The van der Waals surface area contributed by atoms with E-state index in [1.54, 1.807) is 6.92 Å². The van der Waals surface area contributed by atoms with Crippen LogP contribution in [0.15, 0.2) is 0 Å². The molecule has 11 heteroatoms. The van der Waals surface area contributed by atoms with E-state index in [0.717, 1.165) is 0 Å². The summed E-state index contributed by atoms with van der Waals surface area (Å²) in [5.41, 5.74) is 5.14. The molecule has 0 aromatic heterocycles. The summed E-state index contributed by atoms with van der Waals surface area (Å²) in [6.45, 7) is 5.66. The molecule has 0 aromatic rings. The van der Waals surface area contributed by atoms with E-state index in [2.05, 4.69) is 0 Å². The first kappa shape index (κ1) is 20.4. The maximum absolute atomic E-state index is 11.5. The van der Waals surface area contributed by atoms with E-state index in [-0.39, 0.29) is 13.2 Å². The Labute approximate surface area is 149 Å². The van der Waals surface area contributed by atoms with E-state index in [0.29, 0.717) is 0 Å². The summed E-state index contributed by atoms with van der Waals surface area (Å²) in [4.78, 5) is 34.0. The first-order valence-corrected chi connectivity index (χ1v) is 8.07. The normalized spacial score (nSPS) is 36.1. The maximum atomic E-state index is 11.5. The van der Waals surface area contributed by atoms with Crippen molar-refractivity contribution in [3.05, 3.63) is 0 Å². The molecular weight excluding hydrogens is 354 g/mol. The highest BCUT2D eigenvalue weighted by atomic mass is 16.9. The Balaban J connectivity index is 2.29. The van der Waals surface area contributed by atoms with E-state index in [4.69, 9.17) is 38.9 Å². The zero-order valence-corrected chi connectivity index (χ0v) is 15.0. The Bertz CT molecular complexity index is 555. The Morgan fingerprint density at radius 3 is 2.31 bits per heavy atom. The summed E-state index contributed by atoms with van der Waals surface area (Å²) in [7, 11) is 0. The smallest absolute Gasteiger partial charge is 0.405 e. The highest BCUT2D eigenvalue weighted by Gasteiger charge is 2.59. The second kappa shape index (κ2) is 8.16. The number of hydrogen-bond acceptors (Lipinski definition) is 10. The molecule has 0 unspecified atom stereocenters. The molecule has 0 spiro atoms. The summed E-state index contributed by atoms with van der Waals surface area (Å²) in [6, 6.07) is 0. The quantitative estimate of drug-likeness (QED) is 0.488. The molecule has 2 N–H and O–H groups in total. The van der Waals surface area contributed by atoms with Gasteiger partial charge in [0.2, 0.25) is 0 Å². The standard InChI is InChI=1S/C15H23NO10/c1-5-21-15(4)25-12-11(24-14(16)19)10(22-8(3)18)9(6-20-7(2)17)23-13(12)26-15/h9-13H,5-6H2,1-4H3,(H2,16,19)/t9-,10+,11+,12+,13+,15-/m0/s1. The molecule has 2 aliphatic heterocycles. The van der Waals surface area contributed by atoms with Gasteiger partial charge in [0, 0.05) is 27.4 Å². The second-order valence-electron chi connectivity index (χ2n) is 5.82. The zero-order chi connectivity index (χ0) is 19.5. The van der Waals surface area contributed by atoms with Gasteiger partial charge in [-0.3, -0.25) is 14.3 Å². The van der Waals surface area contributed by atoms with Gasteiger partial charge in [-0.25, -0.2) is 4.79 Å². The van der Waals surface area contributed by atoms with Crippen LogP contribution in [-0.2, 0) is 42.7 Å². The molecule has 0 aromatic carbocycles. The molecule has 11 nitrogen and oxygen atoms in total. The Kier molecular flexibility index (Phi) is 6.39. The van der Waals surface area contributed by atoms with Crippen molar-refractivity contribution in [2.24, 2.45) is 5.73 Å².